The Bertz CT molecular complexity index is 1400. The van der Waals surface area contributed by atoms with Crippen molar-refractivity contribution in [3.8, 4) is 5.75 Å². The van der Waals surface area contributed by atoms with E-state index in [1.54, 1.807) is 7.11 Å². The Labute approximate surface area is 260 Å². The lowest BCUT2D eigenvalue weighted by Gasteiger charge is -2.55. The molecule has 1 heterocycles. The molecule has 0 aromatic heterocycles. The van der Waals surface area contributed by atoms with Gasteiger partial charge in [-0.3, -0.25) is 4.79 Å². The summed E-state index contributed by atoms with van der Waals surface area (Å²) in [7, 11) is -3.07. The zero-order valence-corrected chi connectivity index (χ0v) is 26.8. The lowest BCUT2D eigenvalue weighted by atomic mass is 9.49. The molecule has 1 atom stereocenters. The molecular formula is C32H41F3O7S2. The highest BCUT2D eigenvalue weighted by atomic mass is 32.2. The second-order valence-corrected chi connectivity index (χ2v) is 16.7. The van der Waals surface area contributed by atoms with Crippen LogP contribution in [-0.2, 0) is 35.3 Å². The number of carbonyl (C=O) groups excluding carboxylic acids is 1. The van der Waals surface area contributed by atoms with Gasteiger partial charge in [0.1, 0.15) is 23.9 Å². The molecule has 44 heavy (non-hydrogen) atoms. The van der Waals surface area contributed by atoms with E-state index >= 15 is 0 Å². The monoisotopic (exact) mass is 658 g/mol. The van der Waals surface area contributed by atoms with E-state index in [1.807, 2.05) is 0 Å². The van der Waals surface area contributed by atoms with Gasteiger partial charge < -0.3 is 18.8 Å². The summed E-state index contributed by atoms with van der Waals surface area (Å²) in [6.07, 6.45) is 2.10. The number of esters is 1. The molecule has 4 bridgehead atoms. The van der Waals surface area contributed by atoms with E-state index in [-0.39, 0.29) is 0 Å². The van der Waals surface area contributed by atoms with Crippen LogP contribution in [0.25, 0.3) is 10.8 Å². The summed E-state index contributed by atoms with van der Waals surface area (Å²) in [5, 5.41) is 2.60. The fourth-order valence-corrected chi connectivity index (χ4v) is 11.3. The van der Waals surface area contributed by atoms with Crippen LogP contribution >= 0.6 is 0 Å². The Morgan fingerprint density at radius 1 is 0.955 bits per heavy atom. The first-order chi connectivity index (χ1) is 20.7. The first-order valence-electron chi connectivity index (χ1n) is 15.3. The quantitative estimate of drug-likeness (QED) is 0.136. The molecule has 4 saturated carbocycles. The standard InChI is InChI=1S/C17H21O2S.C15H21F3O5S/c1-18-10-11-19-16-8-9-17(20-12-4-5-13-20)15-7-3-2-6-14(15)16;1-13(15(16,17)18,8-24(20,21)22)23-12(19)14-5-9-2-10(6-14)4-11(3-9)7-14/h2-3,6-9H,4-5,10-13H2,1H3;9-11H,2-8H2,1H3,(H,20,21,22)/q+1;/p-1. The number of ether oxygens (including phenoxy) is 3. The Balaban J connectivity index is 0.000000177. The van der Waals surface area contributed by atoms with Crippen molar-refractivity contribution in [3.05, 3.63) is 36.4 Å². The topological polar surface area (TPSA) is 102 Å². The molecule has 0 spiro atoms. The Morgan fingerprint density at radius 2 is 1.52 bits per heavy atom. The molecule has 2 aromatic carbocycles. The summed E-state index contributed by atoms with van der Waals surface area (Å²) in [4.78, 5) is 14.2. The predicted molar refractivity (Wildman–Crippen MR) is 162 cm³/mol. The maximum atomic E-state index is 13.3. The average Bonchev–Trinajstić information content (AvgIpc) is 3.46. The Morgan fingerprint density at radius 3 is 2.05 bits per heavy atom. The van der Waals surface area contributed by atoms with Gasteiger partial charge in [0.25, 0.3) is 0 Å². The van der Waals surface area contributed by atoms with Crippen molar-refractivity contribution >= 4 is 37.8 Å². The van der Waals surface area contributed by atoms with Crippen LogP contribution in [0, 0.1) is 23.2 Å². The molecule has 7 nitrogen and oxygen atoms in total. The van der Waals surface area contributed by atoms with Crippen molar-refractivity contribution in [2.45, 2.75) is 75.0 Å². The van der Waals surface area contributed by atoms with Gasteiger partial charge in [-0.2, -0.15) is 13.2 Å². The number of fused-ring (bicyclic) bond motifs is 1. The van der Waals surface area contributed by atoms with E-state index in [9.17, 15) is 30.9 Å². The molecule has 5 aliphatic rings. The minimum absolute atomic E-state index is 0.323. The first kappa shape index (κ1) is 33.3. The summed E-state index contributed by atoms with van der Waals surface area (Å²) in [6.45, 7) is 1.69. The maximum absolute atomic E-state index is 13.3. The van der Waals surface area contributed by atoms with Crippen LogP contribution in [-0.4, -0.2) is 68.3 Å². The normalized spacial score (nSPS) is 27.9. The lowest BCUT2D eigenvalue weighted by Crippen LogP contribution is -2.56. The second-order valence-electron chi connectivity index (χ2n) is 13.1. The van der Waals surface area contributed by atoms with E-state index in [4.69, 9.17) is 14.2 Å². The number of rotatable bonds is 9. The molecule has 244 valence electrons. The number of alkyl halides is 3. The molecule has 0 radical (unpaired) electrons. The largest absolute Gasteiger partial charge is 0.748 e. The van der Waals surface area contributed by atoms with Gasteiger partial charge in [0.05, 0.1) is 27.9 Å². The molecule has 1 aliphatic heterocycles. The molecule has 1 unspecified atom stereocenters. The van der Waals surface area contributed by atoms with E-state index < -0.39 is 39.0 Å². The van der Waals surface area contributed by atoms with Crippen LogP contribution in [0.5, 0.6) is 5.75 Å². The smallest absolute Gasteiger partial charge is 0.429 e. The summed E-state index contributed by atoms with van der Waals surface area (Å²) in [5.41, 5.74) is -4.26. The molecule has 1 saturated heterocycles. The summed E-state index contributed by atoms with van der Waals surface area (Å²) in [6, 6.07) is 13.0. The van der Waals surface area contributed by atoms with Gasteiger partial charge in [0.2, 0.25) is 5.60 Å². The zero-order valence-electron chi connectivity index (χ0n) is 25.2. The molecule has 12 heteroatoms. The molecule has 0 amide bonds. The van der Waals surface area contributed by atoms with Crippen LogP contribution < -0.4 is 4.74 Å². The number of benzene rings is 2. The van der Waals surface area contributed by atoms with E-state index in [1.165, 1.54) is 40.0 Å². The number of halogens is 3. The van der Waals surface area contributed by atoms with Crippen molar-refractivity contribution in [1.29, 1.82) is 0 Å². The van der Waals surface area contributed by atoms with Crippen molar-refractivity contribution in [1.82, 2.24) is 0 Å². The summed E-state index contributed by atoms with van der Waals surface area (Å²) in [5.74, 6) is 1.86. The summed E-state index contributed by atoms with van der Waals surface area (Å²) >= 11 is 0. The highest BCUT2D eigenvalue weighted by Crippen LogP contribution is 2.61. The molecular weight excluding hydrogens is 617 g/mol. The van der Waals surface area contributed by atoms with Gasteiger partial charge in [-0.15, -0.1) is 0 Å². The number of carbonyl (C=O) groups is 1. The van der Waals surface area contributed by atoms with Gasteiger partial charge in [0.15, 0.2) is 4.90 Å². The SMILES string of the molecule is CC(CS(=O)(=O)[O-])(OC(=O)C12CC3CC(CC(C3)C1)C2)C(F)(F)F.COCCOc1ccc([S+]2CCCC2)c2ccccc12. The lowest BCUT2D eigenvalue weighted by molar-refractivity contribution is -0.264. The van der Waals surface area contributed by atoms with Gasteiger partial charge >= 0.3 is 12.1 Å². The van der Waals surface area contributed by atoms with Gasteiger partial charge in [-0.05, 0) is 94.2 Å². The molecule has 2 aromatic rings. The third kappa shape index (κ3) is 7.34. The number of hydrogen-bond donors (Lipinski definition) is 0. The van der Waals surface area contributed by atoms with Crippen molar-refractivity contribution in [3.63, 3.8) is 0 Å². The third-order valence-electron chi connectivity index (χ3n) is 9.57. The second kappa shape index (κ2) is 13.0. The number of methoxy groups -OCH3 is 1. The molecule has 4 aliphatic carbocycles. The highest BCUT2D eigenvalue weighted by Gasteiger charge is 2.61. The van der Waals surface area contributed by atoms with Crippen molar-refractivity contribution in [2.75, 3.05) is 37.6 Å². The van der Waals surface area contributed by atoms with Crippen LogP contribution in [0.2, 0.25) is 0 Å². The highest BCUT2D eigenvalue weighted by molar-refractivity contribution is 7.97. The van der Waals surface area contributed by atoms with Gasteiger partial charge in [-0.1, -0.05) is 18.2 Å². The van der Waals surface area contributed by atoms with E-state index in [0.29, 0.717) is 68.0 Å². The molecule has 5 fully saturated rings. The van der Waals surface area contributed by atoms with Crippen LogP contribution in [0.1, 0.15) is 58.3 Å². The minimum atomic E-state index is -5.21. The zero-order chi connectivity index (χ0) is 31.8. The summed E-state index contributed by atoms with van der Waals surface area (Å²) < 4.78 is 88.1. The Hall–Kier alpha value is -2.02. The van der Waals surface area contributed by atoms with E-state index in [2.05, 4.69) is 36.4 Å². The van der Waals surface area contributed by atoms with Gasteiger partial charge in [-0.25, -0.2) is 8.42 Å². The Kier molecular flexibility index (Phi) is 9.85. The fraction of sp³-hybridized carbons (Fsp3) is 0.656. The fourth-order valence-electron chi connectivity index (χ4n) is 7.91. The first-order valence-corrected chi connectivity index (χ1v) is 18.4. The van der Waals surface area contributed by atoms with E-state index in [0.717, 1.165) is 25.0 Å². The molecule has 7 rings (SSSR count). The maximum Gasteiger partial charge on any atom is 0.429 e. The minimum Gasteiger partial charge on any atom is -0.748 e. The van der Waals surface area contributed by atoms with Crippen LogP contribution in [0.4, 0.5) is 13.2 Å². The van der Waals surface area contributed by atoms with Gasteiger partial charge in [0, 0.05) is 28.8 Å². The third-order valence-corrected chi connectivity index (χ3v) is 13.0. The number of hydrogen-bond acceptors (Lipinski definition) is 7. The van der Waals surface area contributed by atoms with Crippen molar-refractivity contribution < 1.29 is 45.1 Å². The van der Waals surface area contributed by atoms with Crippen molar-refractivity contribution in [2.24, 2.45) is 23.2 Å². The van der Waals surface area contributed by atoms with Crippen LogP contribution in [0.3, 0.4) is 0 Å². The molecule has 0 N–H and O–H groups in total. The predicted octanol–water partition coefficient (Wildman–Crippen LogP) is 6.25. The van der Waals surface area contributed by atoms with Crippen LogP contribution in [0.15, 0.2) is 41.3 Å². The average molecular weight is 659 g/mol.